The van der Waals surface area contributed by atoms with E-state index in [1.54, 1.807) is 17.1 Å². The average Bonchev–Trinajstić information content (AvgIpc) is 3.58. The van der Waals surface area contributed by atoms with Gasteiger partial charge in [-0.2, -0.15) is 5.10 Å². The fourth-order valence-corrected chi connectivity index (χ4v) is 5.26. The van der Waals surface area contributed by atoms with Crippen molar-refractivity contribution in [2.75, 3.05) is 31.2 Å². The summed E-state index contributed by atoms with van der Waals surface area (Å²) in [7, 11) is 1.87. The Kier molecular flexibility index (Phi) is 7.06. The molecule has 0 aliphatic carbocycles. The Morgan fingerprint density at radius 3 is 2.67 bits per heavy atom. The fourth-order valence-electron chi connectivity index (χ4n) is 5.26. The minimum atomic E-state index is 0.275. The van der Waals surface area contributed by atoms with Gasteiger partial charge in [-0.15, -0.1) is 0 Å². The molecule has 0 saturated carbocycles. The molecule has 6 rings (SSSR count). The highest BCUT2D eigenvalue weighted by Gasteiger charge is 2.20. The Balaban J connectivity index is 1.18. The van der Waals surface area contributed by atoms with E-state index in [9.17, 15) is 5.11 Å². The SMILES string of the molecule is Cn1ccc(-c2cn(-c3cncc(COc4ccc(CN5CCC(CO)CC5)c(N)c4)c3)c3ncnc(N)c23)n1. The minimum Gasteiger partial charge on any atom is -0.489 e. The van der Waals surface area contributed by atoms with Crippen molar-refractivity contribution < 1.29 is 9.84 Å². The lowest BCUT2D eigenvalue weighted by Gasteiger charge is -2.31. The Bertz CT molecular complexity index is 1640. The van der Waals surface area contributed by atoms with Gasteiger partial charge in [-0.3, -0.25) is 19.1 Å². The largest absolute Gasteiger partial charge is 0.489 e. The molecule has 0 unspecified atom stereocenters. The van der Waals surface area contributed by atoms with Crippen LogP contribution in [0.4, 0.5) is 11.5 Å². The van der Waals surface area contributed by atoms with Crippen molar-refractivity contribution in [2.24, 2.45) is 13.0 Å². The van der Waals surface area contributed by atoms with Crippen molar-refractivity contribution in [3.05, 3.63) is 72.6 Å². The zero-order chi connectivity index (χ0) is 27.6. The van der Waals surface area contributed by atoms with E-state index in [1.165, 1.54) is 6.33 Å². The first kappa shape index (κ1) is 25.8. The van der Waals surface area contributed by atoms with Crippen molar-refractivity contribution in [3.8, 4) is 22.7 Å². The molecule has 5 aromatic rings. The van der Waals surface area contributed by atoms with E-state index in [-0.39, 0.29) is 6.61 Å². The number of nitrogens with zero attached hydrogens (tertiary/aromatic N) is 7. The van der Waals surface area contributed by atoms with E-state index >= 15 is 0 Å². The van der Waals surface area contributed by atoms with Crippen LogP contribution < -0.4 is 16.2 Å². The molecule has 4 aromatic heterocycles. The number of aliphatic hydroxyl groups excluding tert-OH is 1. The van der Waals surface area contributed by atoms with E-state index in [0.717, 1.165) is 65.9 Å². The van der Waals surface area contributed by atoms with Crippen molar-refractivity contribution in [1.82, 2.24) is 34.2 Å². The van der Waals surface area contributed by atoms with Crippen LogP contribution in [0.2, 0.25) is 0 Å². The molecule has 1 saturated heterocycles. The van der Waals surface area contributed by atoms with Gasteiger partial charge in [-0.25, -0.2) is 9.97 Å². The molecule has 0 spiro atoms. The van der Waals surface area contributed by atoms with Crippen molar-refractivity contribution >= 4 is 22.5 Å². The summed E-state index contributed by atoms with van der Waals surface area (Å²) in [5.74, 6) is 1.52. The van der Waals surface area contributed by atoms with Gasteiger partial charge in [-0.05, 0) is 55.6 Å². The molecule has 1 fully saturated rings. The van der Waals surface area contributed by atoms with Crippen LogP contribution in [0.15, 0.2) is 61.4 Å². The molecule has 206 valence electrons. The molecule has 0 radical (unpaired) electrons. The summed E-state index contributed by atoms with van der Waals surface area (Å²) in [6.07, 6.45) is 10.9. The maximum absolute atomic E-state index is 9.37. The van der Waals surface area contributed by atoms with Crippen LogP contribution in [0.1, 0.15) is 24.0 Å². The van der Waals surface area contributed by atoms with Crippen LogP contribution in [0.3, 0.4) is 0 Å². The van der Waals surface area contributed by atoms with Gasteiger partial charge in [0.15, 0.2) is 5.65 Å². The van der Waals surface area contributed by atoms with E-state index in [0.29, 0.717) is 35.4 Å². The van der Waals surface area contributed by atoms with Gasteiger partial charge in [0.25, 0.3) is 0 Å². The monoisotopic (exact) mass is 539 g/mol. The minimum absolute atomic E-state index is 0.275. The first-order chi connectivity index (χ1) is 19.5. The molecular formula is C29H33N9O2. The molecule has 1 aliphatic rings. The molecule has 5 N–H and O–H groups in total. The summed E-state index contributed by atoms with van der Waals surface area (Å²) >= 11 is 0. The molecule has 11 heteroatoms. The molecule has 11 nitrogen and oxygen atoms in total. The number of rotatable bonds is 8. The number of anilines is 2. The summed E-state index contributed by atoms with van der Waals surface area (Å²) in [6.45, 7) is 3.36. The molecule has 40 heavy (non-hydrogen) atoms. The van der Waals surface area contributed by atoms with Crippen LogP contribution in [-0.2, 0) is 20.2 Å². The molecular weight excluding hydrogens is 506 g/mol. The fraction of sp³-hybridized carbons (Fsp3) is 0.310. The Morgan fingerprint density at radius 1 is 1.07 bits per heavy atom. The number of fused-ring (bicyclic) bond motifs is 1. The second-order valence-electron chi connectivity index (χ2n) is 10.3. The van der Waals surface area contributed by atoms with Crippen LogP contribution in [0.25, 0.3) is 28.0 Å². The highest BCUT2D eigenvalue weighted by molar-refractivity contribution is 6.00. The van der Waals surface area contributed by atoms with E-state index < -0.39 is 0 Å². The normalized spacial score (nSPS) is 14.7. The van der Waals surface area contributed by atoms with E-state index in [2.05, 4.69) is 25.0 Å². The number of benzene rings is 1. The van der Waals surface area contributed by atoms with Crippen LogP contribution in [0.5, 0.6) is 5.75 Å². The van der Waals surface area contributed by atoms with Gasteiger partial charge in [0.05, 0.1) is 23.0 Å². The predicted octanol–water partition coefficient (Wildman–Crippen LogP) is 3.16. The standard InChI is InChI=1S/C29H33N9O2/c1-36-7-6-26(35-36)24-15-38(29-27(24)28(31)33-18-34-29)22-10-20(12-32-13-22)17-40-23-3-2-21(25(30)11-23)14-37-8-4-19(16-39)5-9-37/h2-3,6-7,10-13,15,18-19,39H,4-5,8-9,14,16-17,30H2,1H3,(H2,31,33,34). The lowest BCUT2D eigenvalue weighted by molar-refractivity contribution is 0.127. The number of likely N-dealkylation sites (tertiary alicyclic amines) is 1. The maximum atomic E-state index is 9.37. The Labute approximate surface area is 232 Å². The van der Waals surface area contributed by atoms with E-state index in [4.69, 9.17) is 16.2 Å². The third kappa shape index (κ3) is 5.21. The highest BCUT2D eigenvalue weighted by Crippen LogP contribution is 2.33. The second-order valence-corrected chi connectivity index (χ2v) is 10.3. The Hall–Kier alpha value is -4.48. The number of nitrogens with two attached hydrogens (primary N) is 2. The van der Waals surface area contributed by atoms with Crippen molar-refractivity contribution in [3.63, 3.8) is 0 Å². The van der Waals surface area contributed by atoms with Crippen molar-refractivity contribution in [1.29, 1.82) is 0 Å². The number of pyridine rings is 1. The number of hydrogen-bond acceptors (Lipinski definition) is 9. The number of ether oxygens (including phenoxy) is 1. The summed E-state index contributed by atoms with van der Waals surface area (Å²) < 4.78 is 9.79. The second kappa shape index (κ2) is 10.9. The van der Waals surface area contributed by atoms with Crippen LogP contribution >= 0.6 is 0 Å². The molecule has 0 bridgehead atoms. The van der Waals surface area contributed by atoms with Gasteiger partial charge >= 0.3 is 0 Å². The first-order valence-corrected chi connectivity index (χ1v) is 13.4. The highest BCUT2D eigenvalue weighted by atomic mass is 16.5. The quantitative estimate of drug-likeness (QED) is 0.253. The topological polar surface area (TPSA) is 146 Å². The number of nitrogen functional groups attached to an aromatic ring is 2. The number of aryl methyl sites for hydroxylation is 1. The molecule has 0 atom stereocenters. The van der Waals surface area contributed by atoms with Gasteiger partial charge in [-0.1, -0.05) is 6.07 Å². The van der Waals surface area contributed by atoms with E-state index in [1.807, 2.05) is 54.3 Å². The number of hydrogen-bond donors (Lipinski definition) is 3. The first-order valence-electron chi connectivity index (χ1n) is 13.4. The Morgan fingerprint density at radius 2 is 1.93 bits per heavy atom. The van der Waals surface area contributed by atoms with Crippen LogP contribution in [0, 0.1) is 5.92 Å². The molecule has 1 aliphatic heterocycles. The van der Waals surface area contributed by atoms with Crippen LogP contribution in [-0.4, -0.2) is 59.0 Å². The summed E-state index contributed by atoms with van der Waals surface area (Å²) in [6, 6.07) is 9.82. The van der Waals surface area contributed by atoms with Gasteiger partial charge < -0.3 is 21.3 Å². The summed E-state index contributed by atoms with van der Waals surface area (Å²) in [5.41, 5.74) is 18.5. The zero-order valence-electron chi connectivity index (χ0n) is 22.4. The lowest BCUT2D eigenvalue weighted by Crippen LogP contribution is -2.34. The van der Waals surface area contributed by atoms with Crippen molar-refractivity contribution in [2.45, 2.75) is 26.0 Å². The smallest absolute Gasteiger partial charge is 0.150 e. The number of aliphatic hydroxyl groups is 1. The number of aromatic nitrogens is 6. The average molecular weight is 540 g/mol. The lowest BCUT2D eigenvalue weighted by atomic mass is 9.97. The van der Waals surface area contributed by atoms with Gasteiger partial charge in [0, 0.05) is 61.7 Å². The third-order valence-corrected chi connectivity index (χ3v) is 7.54. The predicted molar refractivity (Wildman–Crippen MR) is 154 cm³/mol. The third-order valence-electron chi connectivity index (χ3n) is 7.54. The molecule has 5 heterocycles. The zero-order valence-corrected chi connectivity index (χ0v) is 22.4. The number of piperidine rings is 1. The summed E-state index contributed by atoms with van der Waals surface area (Å²) in [5, 5.41) is 14.7. The molecule has 0 amide bonds. The van der Waals surface area contributed by atoms with Gasteiger partial charge in [0.1, 0.15) is 24.5 Å². The van der Waals surface area contributed by atoms with Gasteiger partial charge in [0.2, 0.25) is 0 Å². The maximum Gasteiger partial charge on any atom is 0.150 e. The summed E-state index contributed by atoms with van der Waals surface area (Å²) in [4.78, 5) is 15.6. The molecule has 1 aromatic carbocycles.